The van der Waals surface area contributed by atoms with E-state index < -0.39 is 29.4 Å². The minimum Gasteiger partial charge on any atom is -0.490 e. The van der Waals surface area contributed by atoms with Crippen molar-refractivity contribution in [3.8, 4) is 5.75 Å². The Morgan fingerprint density at radius 3 is 2.28 bits per heavy atom. The molecule has 1 aliphatic rings. The third kappa shape index (κ3) is 6.87. The van der Waals surface area contributed by atoms with E-state index in [4.69, 9.17) is 9.47 Å². The van der Waals surface area contributed by atoms with Gasteiger partial charge in [-0.3, -0.25) is 4.79 Å². The molecule has 1 aromatic rings. The topological polar surface area (TPSA) is 67.9 Å². The molecule has 29 heavy (non-hydrogen) atoms. The molecule has 0 aromatic heterocycles. The molecule has 6 nitrogen and oxygen atoms in total. The van der Waals surface area contributed by atoms with Crippen molar-refractivity contribution in [1.82, 2.24) is 10.2 Å². The van der Waals surface area contributed by atoms with Crippen molar-refractivity contribution in [2.45, 2.75) is 65.2 Å². The fourth-order valence-corrected chi connectivity index (χ4v) is 3.04. The second kappa shape index (κ2) is 9.41. The summed E-state index contributed by atoms with van der Waals surface area (Å²) < 4.78 is 37.4. The average Bonchev–Trinajstić information content (AvgIpc) is 2.61. The third-order valence-corrected chi connectivity index (χ3v) is 4.51. The molecular weight excluding hydrogens is 382 g/mol. The van der Waals surface area contributed by atoms with Crippen molar-refractivity contribution >= 4 is 12.0 Å². The van der Waals surface area contributed by atoms with Gasteiger partial charge in [0.1, 0.15) is 11.9 Å². The Labute approximate surface area is 170 Å². The van der Waals surface area contributed by atoms with Crippen LogP contribution in [0.4, 0.5) is 13.6 Å². The van der Waals surface area contributed by atoms with Gasteiger partial charge in [-0.2, -0.15) is 0 Å². The molecule has 1 fully saturated rings. The molecule has 2 amide bonds. The Bertz CT molecular complexity index is 726. The van der Waals surface area contributed by atoms with Gasteiger partial charge in [0, 0.05) is 37.5 Å². The highest BCUT2D eigenvalue weighted by Gasteiger charge is 2.34. The number of alkyl carbamates (subject to hydrolysis) is 1. The number of hydrogen-bond donors (Lipinski definition) is 1. The van der Waals surface area contributed by atoms with Crippen LogP contribution in [0.25, 0.3) is 0 Å². The lowest BCUT2D eigenvalue weighted by Gasteiger charge is -2.35. The number of piperidine rings is 1. The van der Waals surface area contributed by atoms with E-state index in [1.54, 1.807) is 4.90 Å². The van der Waals surface area contributed by atoms with E-state index in [2.05, 4.69) is 5.32 Å². The molecule has 1 saturated heterocycles. The lowest BCUT2D eigenvalue weighted by molar-refractivity contribution is -0.144. The summed E-state index contributed by atoms with van der Waals surface area (Å²) in [4.78, 5) is 26.6. The van der Waals surface area contributed by atoms with Crippen molar-refractivity contribution in [2.24, 2.45) is 5.92 Å². The van der Waals surface area contributed by atoms with Crippen LogP contribution in [0.15, 0.2) is 18.2 Å². The Balaban J connectivity index is 1.91. The fourth-order valence-electron chi connectivity index (χ4n) is 3.04. The molecule has 0 aliphatic carbocycles. The Kier molecular flexibility index (Phi) is 7.43. The maximum absolute atomic E-state index is 13.3. The van der Waals surface area contributed by atoms with Crippen LogP contribution in [0.5, 0.6) is 5.75 Å². The quantitative estimate of drug-likeness (QED) is 0.797. The van der Waals surface area contributed by atoms with Crippen LogP contribution in [-0.2, 0) is 9.53 Å². The first-order valence-corrected chi connectivity index (χ1v) is 9.85. The van der Waals surface area contributed by atoms with Gasteiger partial charge in [0.15, 0.2) is 17.7 Å². The van der Waals surface area contributed by atoms with Gasteiger partial charge >= 0.3 is 6.09 Å². The number of rotatable bonds is 5. The number of ether oxygens (including phenoxy) is 2. The maximum atomic E-state index is 13.3. The van der Waals surface area contributed by atoms with Gasteiger partial charge in [-0.15, -0.1) is 0 Å². The van der Waals surface area contributed by atoms with E-state index in [0.29, 0.717) is 25.9 Å². The number of nitrogens with zero attached hydrogens (tertiary/aromatic N) is 1. The summed E-state index contributed by atoms with van der Waals surface area (Å²) in [6.07, 6.45) is -0.610. The molecule has 0 saturated carbocycles. The van der Waals surface area contributed by atoms with Gasteiger partial charge in [0.25, 0.3) is 5.91 Å². The minimum atomic E-state index is -0.958. The third-order valence-electron chi connectivity index (χ3n) is 4.51. The van der Waals surface area contributed by atoms with Gasteiger partial charge in [-0.1, -0.05) is 13.8 Å². The predicted molar refractivity (Wildman–Crippen MR) is 105 cm³/mol. The highest BCUT2D eigenvalue weighted by Crippen LogP contribution is 2.22. The molecule has 0 unspecified atom stereocenters. The van der Waals surface area contributed by atoms with Gasteiger partial charge in [-0.05, 0) is 38.8 Å². The van der Waals surface area contributed by atoms with Crippen LogP contribution in [0, 0.1) is 17.6 Å². The second-order valence-electron chi connectivity index (χ2n) is 8.66. The van der Waals surface area contributed by atoms with Gasteiger partial charge < -0.3 is 19.7 Å². The molecule has 1 N–H and O–H groups in total. The predicted octanol–water partition coefficient (Wildman–Crippen LogP) is 3.88. The van der Waals surface area contributed by atoms with Crippen LogP contribution < -0.4 is 10.1 Å². The molecule has 1 aromatic carbocycles. The fraction of sp³-hybridized carbons (Fsp3) is 0.619. The number of hydrogen-bond acceptors (Lipinski definition) is 4. The molecule has 0 spiro atoms. The van der Waals surface area contributed by atoms with Crippen LogP contribution in [0.1, 0.15) is 47.5 Å². The Hall–Kier alpha value is -2.38. The monoisotopic (exact) mass is 412 g/mol. The number of carbonyl (C=O) groups is 2. The van der Waals surface area contributed by atoms with Gasteiger partial charge in [0.05, 0.1) is 0 Å². The average molecular weight is 412 g/mol. The van der Waals surface area contributed by atoms with Gasteiger partial charge in [-0.25, -0.2) is 13.6 Å². The van der Waals surface area contributed by atoms with E-state index in [0.717, 1.165) is 12.1 Å². The number of amides is 2. The lowest BCUT2D eigenvalue weighted by Crippen LogP contribution is -2.50. The van der Waals surface area contributed by atoms with E-state index in [-0.39, 0.29) is 23.7 Å². The summed E-state index contributed by atoms with van der Waals surface area (Å²) in [7, 11) is 0. The Morgan fingerprint density at radius 1 is 1.14 bits per heavy atom. The van der Waals surface area contributed by atoms with Crippen molar-refractivity contribution in [2.75, 3.05) is 13.1 Å². The van der Waals surface area contributed by atoms with E-state index >= 15 is 0 Å². The summed E-state index contributed by atoms with van der Waals surface area (Å²) in [6, 6.07) is 3.42. The largest absolute Gasteiger partial charge is 0.490 e. The van der Waals surface area contributed by atoms with E-state index in [9.17, 15) is 18.4 Å². The summed E-state index contributed by atoms with van der Waals surface area (Å²) >= 11 is 0. The SMILES string of the molecule is CC(C)[C@H](OC(=O)NC(C)(C)C)C(=O)N1CCC(Oc2ccc(F)c(F)c2)CC1. The second-order valence-corrected chi connectivity index (χ2v) is 8.66. The number of nitrogens with one attached hydrogen (secondary N) is 1. The molecular formula is C21H30F2N2O4. The molecule has 2 rings (SSSR count). The molecule has 0 bridgehead atoms. The molecule has 1 atom stereocenters. The summed E-state index contributed by atoms with van der Waals surface area (Å²) in [5, 5.41) is 2.70. The van der Waals surface area contributed by atoms with Crippen molar-refractivity contribution in [3.63, 3.8) is 0 Å². The minimum absolute atomic E-state index is 0.176. The first kappa shape index (κ1) is 22.9. The maximum Gasteiger partial charge on any atom is 0.408 e. The summed E-state index contributed by atoms with van der Waals surface area (Å²) in [6.45, 7) is 10.0. The zero-order chi connectivity index (χ0) is 21.8. The molecule has 0 radical (unpaired) electrons. The van der Waals surface area contributed by atoms with Crippen molar-refractivity contribution < 1.29 is 27.8 Å². The van der Waals surface area contributed by atoms with Crippen LogP contribution in [0.3, 0.4) is 0 Å². The molecule has 1 aliphatic heterocycles. The standard InChI is InChI=1S/C21H30F2N2O4/c1-13(2)18(29-20(27)24-21(3,4)5)19(26)25-10-8-14(9-11-25)28-15-6-7-16(22)17(23)12-15/h6-7,12-14,18H,8-11H2,1-5H3,(H,24,27)/t18-/m0/s1. The zero-order valence-corrected chi connectivity index (χ0v) is 17.6. The highest BCUT2D eigenvalue weighted by molar-refractivity contribution is 5.84. The molecule has 8 heteroatoms. The van der Waals surface area contributed by atoms with Crippen molar-refractivity contribution in [1.29, 1.82) is 0 Å². The first-order valence-electron chi connectivity index (χ1n) is 9.85. The van der Waals surface area contributed by atoms with Crippen molar-refractivity contribution in [3.05, 3.63) is 29.8 Å². The normalized spacial score (nSPS) is 16.5. The van der Waals surface area contributed by atoms with Crippen LogP contribution >= 0.6 is 0 Å². The first-order chi connectivity index (χ1) is 13.5. The number of likely N-dealkylation sites (tertiary alicyclic amines) is 1. The highest BCUT2D eigenvalue weighted by atomic mass is 19.2. The summed E-state index contributed by atoms with van der Waals surface area (Å²) in [5.41, 5.74) is -0.461. The molecule has 162 valence electrons. The smallest absolute Gasteiger partial charge is 0.408 e. The van der Waals surface area contributed by atoms with Gasteiger partial charge in [0.2, 0.25) is 0 Å². The van der Waals surface area contributed by atoms with E-state index in [1.165, 1.54) is 6.07 Å². The number of benzene rings is 1. The Morgan fingerprint density at radius 2 is 1.76 bits per heavy atom. The van der Waals surface area contributed by atoms with Crippen LogP contribution in [0.2, 0.25) is 0 Å². The number of halogens is 2. The number of carbonyl (C=O) groups excluding carboxylic acids is 2. The zero-order valence-electron chi connectivity index (χ0n) is 17.6. The van der Waals surface area contributed by atoms with Crippen LogP contribution in [-0.4, -0.2) is 47.7 Å². The lowest BCUT2D eigenvalue weighted by atomic mass is 10.0. The van der Waals surface area contributed by atoms with E-state index in [1.807, 2.05) is 34.6 Å². The molecule has 1 heterocycles. The summed E-state index contributed by atoms with van der Waals surface area (Å²) in [5.74, 6) is -2.04.